The maximum atomic E-state index is 9.09. The second kappa shape index (κ2) is 6.87. The average Bonchev–Trinajstić information content (AvgIpc) is 2.59. The molecule has 0 unspecified atom stereocenters. The SMILES string of the molecule is CNC1CCN(CCc2ccnc3ccc(C#N)cc23)CC1. The highest BCUT2D eigenvalue weighted by atomic mass is 15.1. The topological polar surface area (TPSA) is 52.0 Å². The summed E-state index contributed by atoms with van der Waals surface area (Å²) in [6.07, 6.45) is 5.34. The predicted molar refractivity (Wildman–Crippen MR) is 88.7 cm³/mol. The van der Waals surface area contributed by atoms with Crippen LogP contribution in [0.25, 0.3) is 10.9 Å². The maximum Gasteiger partial charge on any atom is 0.0991 e. The van der Waals surface area contributed by atoms with Crippen LogP contribution >= 0.6 is 0 Å². The lowest BCUT2D eigenvalue weighted by molar-refractivity contribution is 0.204. The van der Waals surface area contributed by atoms with Crippen molar-refractivity contribution in [3.63, 3.8) is 0 Å². The summed E-state index contributed by atoms with van der Waals surface area (Å²) in [4.78, 5) is 6.94. The minimum absolute atomic E-state index is 0.677. The Bertz CT molecular complexity index is 681. The van der Waals surface area contributed by atoms with Crippen molar-refractivity contribution in [1.82, 2.24) is 15.2 Å². The normalized spacial score (nSPS) is 16.7. The lowest BCUT2D eigenvalue weighted by atomic mass is 10.0. The summed E-state index contributed by atoms with van der Waals surface area (Å²) >= 11 is 0. The Labute approximate surface area is 131 Å². The van der Waals surface area contributed by atoms with Crippen molar-refractivity contribution in [3.05, 3.63) is 41.6 Å². The average molecular weight is 294 g/mol. The molecule has 4 nitrogen and oxygen atoms in total. The predicted octanol–water partition coefficient (Wildman–Crippen LogP) is 2.33. The van der Waals surface area contributed by atoms with Crippen LogP contribution in [0.3, 0.4) is 0 Å². The zero-order chi connectivity index (χ0) is 15.4. The van der Waals surface area contributed by atoms with Gasteiger partial charge < -0.3 is 10.2 Å². The Morgan fingerprint density at radius 1 is 1.32 bits per heavy atom. The molecule has 0 saturated carbocycles. The largest absolute Gasteiger partial charge is 0.317 e. The summed E-state index contributed by atoms with van der Waals surface area (Å²) in [6.45, 7) is 3.41. The molecule has 22 heavy (non-hydrogen) atoms. The summed E-state index contributed by atoms with van der Waals surface area (Å²) < 4.78 is 0. The molecule has 1 aromatic carbocycles. The summed E-state index contributed by atoms with van der Waals surface area (Å²) in [6, 6.07) is 10.7. The van der Waals surface area contributed by atoms with Gasteiger partial charge in [-0.1, -0.05) is 0 Å². The van der Waals surface area contributed by atoms with Gasteiger partial charge in [0.05, 0.1) is 17.1 Å². The van der Waals surface area contributed by atoms with Gasteiger partial charge in [-0.2, -0.15) is 5.26 Å². The number of nitrogens with zero attached hydrogens (tertiary/aromatic N) is 3. The molecule has 0 bridgehead atoms. The maximum absolute atomic E-state index is 9.09. The van der Waals surface area contributed by atoms with Crippen LogP contribution in [0.4, 0.5) is 0 Å². The van der Waals surface area contributed by atoms with Crippen molar-refractivity contribution < 1.29 is 0 Å². The van der Waals surface area contributed by atoms with E-state index in [0.717, 1.165) is 37.0 Å². The number of nitriles is 1. The molecule has 4 heteroatoms. The van der Waals surface area contributed by atoms with E-state index >= 15 is 0 Å². The van der Waals surface area contributed by atoms with Gasteiger partial charge in [0.1, 0.15) is 0 Å². The molecule has 1 fully saturated rings. The number of likely N-dealkylation sites (tertiary alicyclic amines) is 1. The quantitative estimate of drug-likeness (QED) is 0.940. The van der Waals surface area contributed by atoms with Crippen LogP contribution in [0.5, 0.6) is 0 Å². The lowest BCUT2D eigenvalue weighted by Gasteiger charge is -2.31. The number of hydrogen-bond acceptors (Lipinski definition) is 4. The van der Waals surface area contributed by atoms with Gasteiger partial charge in [-0.3, -0.25) is 4.98 Å². The molecule has 2 heterocycles. The molecule has 3 rings (SSSR count). The molecular formula is C18H22N4. The summed E-state index contributed by atoms with van der Waals surface area (Å²) in [5.74, 6) is 0. The third-order valence-electron chi connectivity index (χ3n) is 4.65. The molecule has 2 aromatic rings. The highest BCUT2D eigenvalue weighted by molar-refractivity contribution is 5.83. The molecule has 1 saturated heterocycles. The number of rotatable bonds is 4. The second-order valence-electron chi connectivity index (χ2n) is 5.97. The van der Waals surface area contributed by atoms with Crippen LogP contribution in [0.1, 0.15) is 24.0 Å². The Hall–Kier alpha value is -1.96. The highest BCUT2D eigenvalue weighted by Crippen LogP contribution is 2.19. The third kappa shape index (κ3) is 3.27. The van der Waals surface area contributed by atoms with Crippen LogP contribution in [-0.4, -0.2) is 42.6 Å². The van der Waals surface area contributed by atoms with Crippen LogP contribution in [0, 0.1) is 11.3 Å². The molecule has 0 radical (unpaired) electrons. The van der Waals surface area contributed by atoms with Gasteiger partial charge in [-0.25, -0.2) is 0 Å². The van der Waals surface area contributed by atoms with Crippen LogP contribution in [-0.2, 0) is 6.42 Å². The van der Waals surface area contributed by atoms with Crippen molar-refractivity contribution in [2.45, 2.75) is 25.3 Å². The van der Waals surface area contributed by atoms with Crippen LogP contribution in [0.15, 0.2) is 30.5 Å². The molecule has 1 aliphatic rings. The van der Waals surface area contributed by atoms with Gasteiger partial charge in [0.25, 0.3) is 0 Å². The Kier molecular flexibility index (Phi) is 4.67. The molecule has 1 N–H and O–H groups in total. The molecule has 0 amide bonds. The Morgan fingerprint density at radius 3 is 2.86 bits per heavy atom. The minimum Gasteiger partial charge on any atom is -0.317 e. The van der Waals surface area contributed by atoms with Gasteiger partial charge >= 0.3 is 0 Å². The number of piperidine rings is 1. The molecule has 1 aromatic heterocycles. The Morgan fingerprint density at radius 2 is 2.14 bits per heavy atom. The first kappa shape index (κ1) is 15.0. The van der Waals surface area contributed by atoms with E-state index in [0.29, 0.717) is 11.6 Å². The number of hydrogen-bond donors (Lipinski definition) is 1. The van der Waals surface area contributed by atoms with Crippen LogP contribution < -0.4 is 5.32 Å². The first-order chi connectivity index (χ1) is 10.8. The van der Waals surface area contributed by atoms with Crippen molar-refractivity contribution >= 4 is 10.9 Å². The van der Waals surface area contributed by atoms with Gasteiger partial charge in [-0.05, 0) is 69.2 Å². The highest BCUT2D eigenvalue weighted by Gasteiger charge is 2.17. The molecule has 0 atom stereocenters. The van der Waals surface area contributed by atoms with Crippen molar-refractivity contribution in [1.29, 1.82) is 5.26 Å². The van der Waals surface area contributed by atoms with E-state index in [4.69, 9.17) is 5.26 Å². The van der Waals surface area contributed by atoms with E-state index in [1.165, 1.54) is 18.4 Å². The van der Waals surface area contributed by atoms with Crippen LogP contribution in [0.2, 0.25) is 0 Å². The molecular weight excluding hydrogens is 272 g/mol. The number of aromatic nitrogens is 1. The monoisotopic (exact) mass is 294 g/mol. The zero-order valence-corrected chi connectivity index (χ0v) is 13.0. The van der Waals surface area contributed by atoms with E-state index in [1.54, 1.807) is 0 Å². The van der Waals surface area contributed by atoms with Crippen molar-refractivity contribution in [3.8, 4) is 6.07 Å². The first-order valence-corrected chi connectivity index (χ1v) is 7.97. The minimum atomic E-state index is 0.677. The number of nitrogens with one attached hydrogen (secondary N) is 1. The number of fused-ring (bicyclic) bond motifs is 1. The third-order valence-corrected chi connectivity index (χ3v) is 4.65. The summed E-state index contributed by atoms with van der Waals surface area (Å²) in [7, 11) is 2.05. The summed E-state index contributed by atoms with van der Waals surface area (Å²) in [5.41, 5.74) is 2.97. The van der Waals surface area contributed by atoms with Gasteiger partial charge in [-0.15, -0.1) is 0 Å². The molecule has 114 valence electrons. The first-order valence-electron chi connectivity index (χ1n) is 7.97. The zero-order valence-electron chi connectivity index (χ0n) is 13.0. The van der Waals surface area contributed by atoms with Crippen molar-refractivity contribution in [2.75, 3.05) is 26.7 Å². The Balaban J connectivity index is 1.70. The fraction of sp³-hybridized carbons (Fsp3) is 0.444. The molecule has 1 aliphatic heterocycles. The lowest BCUT2D eigenvalue weighted by Crippen LogP contribution is -2.41. The van der Waals surface area contributed by atoms with E-state index in [2.05, 4.69) is 34.4 Å². The van der Waals surface area contributed by atoms with E-state index < -0.39 is 0 Å². The second-order valence-corrected chi connectivity index (χ2v) is 5.97. The van der Waals surface area contributed by atoms with Gasteiger partial charge in [0.2, 0.25) is 0 Å². The smallest absolute Gasteiger partial charge is 0.0991 e. The van der Waals surface area contributed by atoms with Gasteiger partial charge in [0, 0.05) is 24.2 Å². The number of benzene rings is 1. The fourth-order valence-corrected chi connectivity index (χ4v) is 3.21. The van der Waals surface area contributed by atoms with Gasteiger partial charge in [0.15, 0.2) is 0 Å². The molecule has 0 spiro atoms. The van der Waals surface area contributed by atoms with E-state index in [1.807, 2.05) is 24.4 Å². The standard InChI is InChI=1S/C18H22N4/c1-20-16-6-10-22(11-7-16)9-5-15-4-8-21-18-3-2-14(13-19)12-17(15)18/h2-4,8,12,16,20H,5-7,9-11H2,1H3. The van der Waals surface area contributed by atoms with E-state index in [9.17, 15) is 0 Å². The number of pyridine rings is 1. The molecule has 0 aliphatic carbocycles. The van der Waals surface area contributed by atoms with Crippen molar-refractivity contribution in [2.24, 2.45) is 0 Å². The summed E-state index contributed by atoms with van der Waals surface area (Å²) in [5, 5.41) is 13.6. The van der Waals surface area contributed by atoms with E-state index in [-0.39, 0.29) is 0 Å². The fourth-order valence-electron chi connectivity index (χ4n) is 3.21.